The average Bonchev–Trinajstić information content (AvgIpc) is 1.94. The smallest absolute Gasteiger partial charge is 0.235 e. The van der Waals surface area contributed by atoms with E-state index < -0.39 is 12.2 Å². The van der Waals surface area contributed by atoms with Crippen molar-refractivity contribution in [3.8, 4) is 5.75 Å². The first-order chi connectivity index (χ1) is 5.59. The lowest BCUT2D eigenvalue weighted by Crippen LogP contribution is -2.05. The first-order valence-corrected chi connectivity index (χ1v) is 3.45. The minimum atomic E-state index is -1.52. The van der Waals surface area contributed by atoms with Crippen molar-refractivity contribution in [3.05, 3.63) is 24.0 Å². The van der Waals surface area contributed by atoms with E-state index in [9.17, 15) is 8.78 Å². The van der Waals surface area contributed by atoms with Crippen LogP contribution >= 0.6 is 0 Å². The van der Waals surface area contributed by atoms with Crippen molar-refractivity contribution < 1.29 is 13.5 Å². The van der Waals surface area contributed by atoms with Crippen LogP contribution in [0.5, 0.6) is 5.75 Å². The van der Waals surface area contributed by atoms with Crippen molar-refractivity contribution in [2.24, 2.45) is 0 Å². The average molecular weight is 173 g/mol. The second kappa shape index (κ2) is 3.38. The zero-order valence-corrected chi connectivity index (χ0v) is 6.55. The molecule has 1 aromatic rings. The Morgan fingerprint density at radius 1 is 1.50 bits per heavy atom. The highest BCUT2D eigenvalue weighted by molar-refractivity contribution is 5.42. The molecule has 0 amide bonds. The zero-order chi connectivity index (χ0) is 9.14. The molecule has 0 saturated heterocycles. The fourth-order valence-corrected chi connectivity index (χ4v) is 0.788. The van der Waals surface area contributed by atoms with Gasteiger partial charge in [0.25, 0.3) is 0 Å². The van der Waals surface area contributed by atoms with Gasteiger partial charge in [0.2, 0.25) is 6.36 Å². The fraction of sp³-hybridized carbons (Fsp3) is 0.250. The number of nitrogens with two attached hydrogens (primary N) is 1. The van der Waals surface area contributed by atoms with Crippen LogP contribution in [0.25, 0.3) is 0 Å². The van der Waals surface area contributed by atoms with Crippen molar-refractivity contribution in [2.75, 3.05) is 5.73 Å². The van der Waals surface area contributed by atoms with Gasteiger partial charge in [-0.05, 0) is 12.1 Å². The molecule has 0 aromatic heterocycles. The maximum atomic E-state index is 12.8. The Morgan fingerprint density at radius 3 is 2.67 bits per heavy atom. The third kappa shape index (κ3) is 2.08. The molecule has 2 nitrogen and oxygen atoms in total. The topological polar surface area (TPSA) is 35.2 Å². The van der Waals surface area contributed by atoms with Crippen molar-refractivity contribution in [1.82, 2.24) is 0 Å². The predicted octanol–water partition coefficient (Wildman–Crippen LogP) is 2.10. The Kier molecular flexibility index (Phi) is 2.47. The van der Waals surface area contributed by atoms with Gasteiger partial charge in [-0.15, -0.1) is 0 Å². The van der Waals surface area contributed by atoms with Crippen molar-refractivity contribution in [1.29, 1.82) is 0 Å². The summed E-state index contributed by atoms with van der Waals surface area (Å²) in [4.78, 5) is 0. The van der Waals surface area contributed by atoms with E-state index in [4.69, 9.17) is 5.73 Å². The maximum absolute atomic E-state index is 12.8. The van der Waals surface area contributed by atoms with Crippen LogP contribution in [-0.2, 0) is 0 Å². The molecule has 1 atom stereocenters. The summed E-state index contributed by atoms with van der Waals surface area (Å²) in [6, 6.07) is 3.82. The van der Waals surface area contributed by atoms with Gasteiger partial charge < -0.3 is 10.5 Å². The Bertz CT molecular complexity index is 276. The number of nitrogen functional groups attached to an aromatic ring is 1. The molecule has 0 heterocycles. The Morgan fingerprint density at radius 2 is 2.17 bits per heavy atom. The van der Waals surface area contributed by atoms with Crippen LogP contribution in [0.2, 0.25) is 0 Å². The molecule has 0 aliphatic rings. The van der Waals surface area contributed by atoms with Gasteiger partial charge in [-0.3, -0.25) is 0 Å². The summed E-state index contributed by atoms with van der Waals surface area (Å²) in [5, 5.41) is 0. The first kappa shape index (κ1) is 8.77. The summed E-state index contributed by atoms with van der Waals surface area (Å²) in [5.41, 5.74) is 5.55. The lowest BCUT2D eigenvalue weighted by molar-refractivity contribution is 0.0815. The van der Waals surface area contributed by atoms with Gasteiger partial charge in [0.05, 0.1) is 0 Å². The van der Waals surface area contributed by atoms with Gasteiger partial charge >= 0.3 is 0 Å². The van der Waals surface area contributed by atoms with Crippen LogP contribution in [0.3, 0.4) is 0 Å². The summed E-state index contributed by atoms with van der Waals surface area (Å²) in [7, 11) is 0. The molecule has 0 spiro atoms. The number of hydrogen-bond acceptors (Lipinski definition) is 2. The van der Waals surface area contributed by atoms with Crippen LogP contribution in [0.4, 0.5) is 14.5 Å². The van der Waals surface area contributed by atoms with E-state index >= 15 is 0 Å². The van der Waals surface area contributed by atoms with Gasteiger partial charge in [0.15, 0.2) is 11.6 Å². The van der Waals surface area contributed by atoms with Gasteiger partial charge in [0.1, 0.15) is 0 Å². The molecule has 0 fully saturated rings. The Labute approximate surface area is 68.9 Å². The predicted molar refractivity (Wildman–Crippen MR) is 42.0 cm³/mol. The van der Waals surface area contributed by atoms with E-state index in [2.05, 4.69) is 4.74 Å². The number of rotatable bonds is 2. The molecule has 0 aliphatic carbocycles. The highest BCUT2D eigenvalue weighted by Gasteiger charge is 2.06. The standard InChI is InChI=1S/C8H9F2NO/c1-5(9)12-8-3-2-6(11)4-7(8)10/h2-5H,11H2,1H3. The fourth-order valence-electron chi connectivity index (χ4n) is 0.788. The van der Waals surface area contributed by atoms with Gasteiger partial charge in [-0.2, -0.15) is 0 Å². The summed E-state index contributed by atoms with van der Waals surface area (Å²) >= 11 is 0. The lowest BCUT2D eigenvalue weighted by atomic mass is 10.3. The van der Waals surface area contributed by atoms with Crippen LogP contribution in [0.15, 0.2) is 18.2 Å². The molecule has 66 valence electrons. The molecule has 1 aromatic carbocycles. The Balaban J connectivity index is 2.86. The third-order valence-electron chi connectivity index (χ3n) is 1.25. The second-order valence-corrected chi connectivity index (χ2v) is 2.35. The zero-order valence-electron chi connectivity index (χ0n) is 6.55. The van der Waals surface area contributed by atoms with Gasteiger partial charge in [0, 0.05) is 18.7 Å². The van der Waals surface area contributed by atoms with E-state index in [1.807, 2.05) is 0 Å². The van der Waals surface area contributed by atoms with Crippen LogP contribution in [-0.4, -0.2) is 6.36 Å². The molecule has 12 heavy (non-hydrogen) atoms. The second-order valence-electron chi connectivity index (χ2n) is 2.35. The summed E-state index contributed by atoms with van der Waals surface area (Å²) in [6.45, 7) is 1.18. The van der Waals surface area contributed by atoms with E-state index in [1.54, 1.807) is 0 Å². The maximum Gasteiger partial charge on any atom is 0.235 e. The molecule has 4 heteroatoms. The van der Waals surface area contributed by atoms with Crippen LogP contribution in [0.1, 0.15) is 6.92 Å². The first-order valence-electron chi connectivity index (χ1n) is 3.45. The van der Waals surface area contributed by atoms with Gasteiger partial charge in [-0.1, -0.05) is 0 Å². The van der Waals surface area contributed by atoms with Crippen LogP contribution < -0.4 is 10.5 Å². The third-order valence-corrected chi connectivity index (χ3v) is 1.25. The minimum Gasteiger partial charge on any atom is -0.458 e. The molecule has 2 N–H and O–H groups in total. The molecule has 1 rings (SSSR count). The number of alkyl halides is 1. The van der Waals surface area contributed by atoms with E-state index in [0.717, 1.165) is 6.07 Å². The summed E-state index contributed by atoms with van der Waals surface area (Å²) in [5.74, 6) is -0.779. The number of halogens is 2. The van der Waals surface area contributed by atoms with Crippen molar-refractivity contribution >= 4 is 5.69 Å². The Hall–Kier alpha value is -1.32. The number of anilines is 1. The normalized spacial score (nSPS) is 12.6. The molecule has 0 saturated carbocycles. The van der Waals surface area contributed by atoms with Crippen molar-refractivity contribution in [2.45, 2.75) is 13.3 Å². The molecule has 0 bridgehead atoms. The quantitative estimate of drug-likeness (QED) is 0.695. The van der Waals surface area contributed by atoms with Crippen LogP contribution in [0, 0.1) is 5.82 Å². The highest BCUT2D eigenvalue weighted by atomic mass is 19.1. The van der Waals surface area contributed by atoms with E-state index in [0.29, 0.717) is 0 Å². The summed E-state index contributed by atoms with van der Waals surface area (Å²) in [6.07, 6.45) is -1.52. The minimum absolute atomic E-state index is 0.126. The molecular formula is C8H9F2NO. The summed E-state index contributed by atoms with van der Waals surface area (Å²) < 4.78 is 29.6. The van der Waals surface area contributed by atoms with E-state index in [-0.39, 0.29) is 11.4 Å². The highest BCUT2D eigenvalue weighted by Crippen LogP contribution is 2.20. The number of ether oxygens (including phenoxy) is 1. The largest absolute Gasteiger partial charge is 0.458 e. The van der Waals surface area contributed by atoms with Gasteiger partial charge in [-0.25, -0.2) is 8.78 Å². The molecule has 1 unspecified atom stereocenters. The lowest BCUT2D eigenvalue weighted by Gasteiger charge is -2.07. The molecule has 0 radical (unpaired) electrons. The number of hydrogen-bond donors (Lipinski definition) is 1. The molecule has 0 aliphatic heterocycles. The van der Waals surface area contributed by atoms with E-state index in [1.165, 1.54) is 19.1 Å². The number of benzene rings is 1. The van der Waals surface area contributed by atoms with Crippen molar-refractivity contribution in [3.63, 3.8) is 0 Å². The SMILES string of the molecule is CC(F)Oc1ccc(N)cc1F. The monoisotopic (exact) mass is 173 g/mol. The molecular weight excluding hydrogens is 164 g/mol.